The molecule has 0 fully saturated rings. The van der Waals surface area contributed by atoms with Crippen LogP contribution in [0.25, 0.3) is 11.5 Å². The van der Waals surface area contributed by atoms with E-state index in [1.54, 1.807) is 12.1 Å². The van der Waals surface area contributed by atoms with Crippen LogP contribution < -0.4 is 4.74 Å². The fourth-order valence-electron chi connectivity index (χ4n) is 1.88. The minimum Gasteiger partial charge on any atom is -0.485 e. The maximum Gasteiger partial charge on any atom is 0.258 e. The van der Waals surface area contributed by atoms with E-state index < -0.39 is 0 Å². The molecule has 0 atom stereocenters. The molecule has 4 nitrogen and oxygen atoms in total. The Balaban J connectivity index is 1.71. The van der Waals surface area contributed by atoms with Crippen molar-refractivity contribution in [1.29, 1.82) is 0 Å². The predicted octanol–water partition coefficient (Wildman–Crippen LogP) is 4.28. The van der Waals surface area contributed by atoms with Gasteiger partial charge in [0.1, 0.15) is 5.75 Å². The van der Waals surface area contributed by atoms with Crippen LogP contribution in [0.2, 0.25) is 5.02 Å². The molecule has 0 unspecified atom stereocenters. The van der Waals surface area contributed by atoms with Crippen LogP contribution >= 0.6 is 11.6 Å². The van der Waals surface area contributed by atoms with E-state index in [0.29, 0.717) is 16.7 Å². The number of aryl methyl sites for hydroxylation is 1. The average Bonchev–Trinajstić information content (AvgIpc) is 2.96. The summed E-state index contributed by atoms with van der Waals surface area (Å²) >= 11 is 5.85. The van der Waals surface area contributed by atoms with Gasteiger partial charge in [-0.15, -0.1) is 0 Å². The summed E-state index contributed by atoms with van der Waals surface area (Å²) in [6, 6.07) is 15.0. The fourth-order valence-corrected chi connectivity index (χ4v) is 2.01. The fraction of sp³-hybridized carbons (Fsp3) is 0.125. The lowest BCUT2D eigenvalue weighted by Crippen LogP contribution is -1.98. The molecule has 0 amide bonds. The molecule has 5 heteroatoms. The summed E-state index contributed by atoms with van der Waals surface area (Å²) in [6.07, 6.45) is 0. The van der Waals surface area contributed by atoms with Crippen LogP contribution in [0.5, 0.6) is 5.75 Å². The number of hydrogen-bond acceptors (Lipinski definition) is 4. The van der Waals surface area contributed by atoms with Crippen LogP contribution in [-0.4, -0.2) is 10.1 Å². The number of ether oxygens (including phenoxy) is 1. The molecule has 106 valence electrons. The number of rotatable bonds is 4. The second kappa shape index (κ2) is 5.97. The van der Waals surface area contributed by atoms with Crippen LogP contribution in [0.15, 0.2) is 53.1 Å². The maximum atomic E-state index is 5.85. The second-order valence-electron chi connectivity index (χ2n) is 4.58. The Labute approximate surface area is 127 Å². The Morgan fingerprint density at radius 3 is 2.62 bits per heavy atom. The van der Waals surface area contributed by atoms with Gasteiger partial charge < -0.3 is 9.26 Å². The highest BCUT2D eigenvalue weighted by Gasteiger charge is 2.09. The molecule has 0 aliphatic rings. The molecule has 0 bridgehead atoms. The van der Waals surface area contributed by atoms with Crippen LogP contribution in [0, 0.1) is 6.92 Å². The van der Waals surface area contributed by atoms with Crippen molar-refractivity contribution < 1.29 is 9.26 Å². The third kappa shape index (κ3) is 3.23. The molecule has 0 aliphatic heterocycles. The first kappa shape index (κ1) is 13.6. The van der Waals surface area contributed by atoms with Crippen molar-refractivity contribution in [3.05, 3.63) is 64.9 Å². The number of aromatic nitrogens is 2. The lowest BCUT2D eigenvalue weighted by Gasteiger charge is -2.05. The van der Waals surface area contributed by atoms with Crippen LogP contribution in [0.1, 0.15) is 11.4 Å². The van der Waals surface area contributed by atoms with Gasteiger partial charge in [-0.3, -0.25) is 0 Å². The Kier molecular flexibility index (Phi) is 3.88. The van der Waals surface area contributed by atoms with E-state index in [-0.39, 0.29) is 6.61 Å². The van der Waals surface area contributed by atoms with Gasteiger partial charge in [0, 0.05) is 10.6 Å². The van der Waals surface area contributed by atoms with Crippen molar-refractivity contribution >= 4 is 11.6 Å². The van der Waals surface area contributed by atoms with Gasteiger partial charge in [-0.1, -0.05) is 35.0 Å². The average molecular weight is 301 g/mol. The topological polar surface area (TPSA) is 48.2 Å². The molecule has 0 N–H and O–H groups in total. The first-order valence-corrected chi connectivity index (χ1v) is 6.87. The normalized spacial score (nSPS) is 10.6. The van der Waals surface area contributed by atoms with Crippen LogP contribution in [-0.2, 0) is 6.61 Å². The molecule has 21 heavy (non-hydrogen) atoms. The van der Waals surface area contributed by atoms with Gasteiger partial charge in [0.15, 0.2) is 6.61 Å². The number of halogens is 1. The van der Waals surface area contributed by atoms with Gasteiger partial charge in [0.2, 0.25) is 5.82 Å². The van der Waals surface area contributed by atoms with E-state index in [1.807, 2.05) is 43.3 Å². The van der Waals surface area contributed by atoms with E-state index in [2.05, 4.69) is 10.1 Å². The third-order valence-corrected chi connectivity index (χ3v) is 3.26. The van der Waals surface area contributed by atoms with Crippen molar-refractivity contribution in [2.24, 2.45) is 0 Å². The summed E-state index contributed by atoms with van der Waals surface area (Å²) in [5, 5.41) is 4.58. The molecule has 3 rings (SSSR count). The molecule has 0 saturated carbocycles. The zero-order chi connectivity index (χ0) is 14.7. The van der Waals surface area contributed by atoms with Crippen LogP contribution in [0.4, 0.5) is 0 Å². The Morgan fingerprint density at radius 1 is 1.10 bits per heavy atom. The van der Waals surface area contributed by atoms with Crippen molar-refractivity contribution in [1.82, 2.24) is 10.1 Å². The van der Waals surface area contributed by atoms with Gasteiger partial charge in [-0.05, 0) is 42.8 Å². The largest absolute Gasteiger partial charge is 0.485 e. The van der Waals surface area contributed by atoms with Gasteiger partial charge in [0.25, 0.3) is 5.89 Å². The molecule has 3 aromatic rings. The summed E-state index contributed by atoms with van der Waals surface area (Å²) in [5.41, 5.74) is 1.90. The number of nitrogens with zero attached hydrogens (tertiary/aromatic N) is 2. The minimum atomic E-state index is 0.266. The Hall–Kier alpha value is -2.33. The highest BCUT2D eigenvalue weighted by Crippen LogP contribution is 2.21. The van der Waals surface area contributed by atoms with Crippen molar-refractivity contribution in [3.8, 4) is 17.2 Å². The smallest absolute Gasteiger partial charge is 0.258 e. The summed E-state index contributed by atoms with van der Waals surface area (Å²) in [7, 11) is 0. The zero-order valence-corrected chi connectivity index (χ0v) is 12.2. The quantitative estimate of drug-likeness (QED) is 0.721. The third-order valence-electron chi connectivity index (χ3n) is 3.01. The number of hydrogen-bond donors (Lipinski definition) is 0. The van der Waals surface area contributed by atoms with E-state index in [4.69, 9.17) is 20.9 Å². The van der Waals surface area contributed by atoms with E-state index >= 15 is 0 Å². The number of para-hydroxylation sites is 1. The molecule has 0 radical (unpaired) electrons. The molecular weight excluding hydrogens is 288 g/mol. The molecule has 0 aliphatic carbocycles. The summed E-state index contributed by atoms with van der Waals surface area (Å²) in [4.78, 5) is 4.31. The maximum absolute atomic E-state index is 5.85. The molecule has 0 saturated heterocycles. The van der Waals surface area contributed by atoms with Gasteiger partial charge in [-0.2, -0.15) is 4.98 Å². The van der Waals surface area contributed by atoms with Gasteiger partial charge in [0.05, 0.1) is 0 Å². The van der Waals surface area contributed by atoms with Gasteiger partial charge in [-0.25, -0.2) is 0 Å². The van der Waals surface area contributed by atoms with E-state index in [1.165, 1.54) is 0 Å². The van der Waals surface area contributed by atoms with E-state index in [0.717, 1.165) is 16.9 Å². The van der Waals surface area contributed by atoms with Crippen molar-refractivity contribution in [3.63, 3.8) is 0 Å². The summed E-state index contributed by atoms with van der Waals surface area (Å²) in [6.45, 7) is 2.26. The molecule has 0 spiro atoms. The molecule has 1 heterocycles. The lowest BCUT2D eigenvalue weighted by atomic mass is 10.2. The first-order valence-electron chi connectivity index (χ1n) is 6.49. The first-order chi connectivity index (χ1) is 10.2. The molecule has 2 aromatic carbocycles. The minimum absolute atomic E-state index is 0.266. The summed E-state index contributed by atoms with van der Waals surface area (Å²) < 4.78 is 10.9. The van der Waals surface area contributed by atoms with Crippen molar-refractivity contribution in [2.45, 2.75) is 13.5 Å². The van der Waals surface area contributed by atoms with Crippen molar-refractivity contribution in [2.75, 3.05) is 0 Å². The second-order valence-corrected chi connectivity index (χ2v) is 5.01. The lowest BCUT2D eigenvalue weighted by molar-refractivity contribution is 0.285. The number of benzene rings is 2. The predicted molar refractivity (Wildman–Crippen MR) is 80.3 cm³/mol. The molecular formula is C16H13ClN2O2. The summed E-state index contributed by atoms with van der Waals surface area (Å²) in [5.74, 6) is 1.77. The Bertz CT molecular complexity index is 738. The Morgan fingerprint density at radius 2 is 1.86 bits per heavy atom. The van der Waals surface area contributed by atoms with E-state index in [9.17, 15) is 0 Å². The monoisotopic (exact) mass is 300 g/mol. The zero-order valence-electron chi connectivity index (χ0n) is 11.4. The highest BCUT2D eigenvalue weighted by molar-refractivity contribution is 6.30. The standard InChI is InChI=1S/C16H13ClN2O2/c1-11-4-2-3-5-14(11)20-10-15-18-16(21-19-15)12-6-8-13(17)9-7-12/h2-9H,10H2,1H3. The van der Waals surface area contributed by atoms with Gasteiger partial charge >= 0.3 is 0 Å². The van der Waals surface area contributed by atoms with Crippen LogP contribution in [0.3, 0.4) is 0 Å². The SMILES string of the molecule is Cc1ccccc1OCc1noc(-c2ccc(Cl)cc2)n1. The highest BCUT2D eigenvalue weighted by atomic mass is 35.5. The molecule has 1 aromatic heterocycles.